The van der Waals surface area contributed by atoms with E-state index in [0.717, 1.165) is 23.0 Å². The molecule has 1 aromatic heterocycles. The summed E-state index contributed by atoms with van der Waals surface area (Å²) >= 11 is 1.35. The Kier molecular flexibility index (Phi) is 6.07. The molecule has 6 heteroatoms. The van der Waals surface area contributed by atoms with E-state index in [1.54, 1.807) is 17.0 Å². The molecule has 0 atom stereocenters. The molecule has 2 heterocycles. The normalized spacial score (nSPS) is 16.3. The summed E-state index contributed by atoms with van der Waals surface area (Å²) in [5, 5.41) is 1.71. The second kappa shape index (κ2) is 9.31. The molecule has 170 valence electrons. The van der Waals surface area contributed by atoms with Crippen LogP contribution in [-0.2, 0) is 11.3 Å². The molecule has 3 aromatic carbocycles. The van der Waals surface area contributed by atoms with Gasteiger partial charge in [0.15, 0.2) is 5.17 Å². The molecule has 0 unspecified atom stereocenters. The number of rotatable bonds is 5. The van der Waals surface area contributed by atoms with Crippen LogP contribution in [0.2, 0.25) is 0 Å². The second-order valence-electron chi connectivity index (χ2n) is 8.25. The average Bonchev–Trinajstić information content (AvgIpc) is 3.32. The van der Waals surface area contributed by atoms with Crippen LogP contribution in [0.1, 0.15) is 23.6 Å². The van der Waals surface area contributed by atoms with Crippen molar-refractivity contribution in [1.82, 2.24) is 9.47 Å². The fourth-order valence-electron chi connectivity index (χ4n) is 4.17. The summed E-state index contributed by atoms with van der Waals surface area (Å²) in [7, 11) is 0. The zero-order chi connectivity index (χ0) is 23.7. The van der Waals surface area contributed by atoms with Gasteiger partial charge in [-0.15, -0.1) is 0 Å². The van der Waals surface area contributed by atoms with Gasteiger partial charge in [-0.2, -0.15) is 0 Å². The van der Waals surface area contributed by atoms with Crippen molar-refractivity contribution in [2.75, 3.05) is 6.54 Å². The summed E-state index contributed by atoms with van der Waals surface area (Å²) in [6.45, 7) is 5.29. The van der Waals surface area contributed by atoms with E-state index in [9.17, 15) is 9.18 Å². The molecule has 0 bridgehead atoms. The number of hydrogen-bond acceptors (Lipinski definition) is 3. The van der Waals surface area contributed by atoms with Crippen molar-refractivity contribution in [3.8, 4) is 0 Å². The third-order valence-electron chi connectivity index (χ3n) is 5.80. The molecule has 34 heavy (non-hydrogen) atoms. The SMILES string of the molecule is CCN1C(=O)/C(=C\c2cn(Cc3cccc(C)c3)c3ccccc23)SC1=Nc1ccc(F)cc1. The Morgan fingerprint density at radius 3 is 2.59 bits per heavy atom. The molecule has 0 spiro atoms. The van der Waals surface area contributed by atoms with E-state index in [0.29, 0.717) is 22.3 Å². The van der Waals surface area contributed by atoms with Crippen LogP contribution >= 0.6 is 11.8 Å². The first-order valence-corrected chi connectivity index (χ1v) is 12.0. The maximum Gasteiger partial charge on any atom is 0.266 e. The lowest BCUT2D eigenvalue weighted by atomic mass is 10.1. The molecule has 4 nitrogen and oxygen atoms in total. The number of likely N-dealkylation sites (N-methyl/N-ethyl adjacent to an activating group) is 1. The van der Waals surface area contributed by atoms with Crippen molar-refractivity contribution in [2.45, 2.75) is 20.4 Å². The lowest BCUT2D eigenvalue weighted by Gasteiger charge is -2.11. The van der Waals surface area contributed by atoms with Gasteiger partial charge in [0, 0.05) is 35.8 Å². The maximum absolute atomic E-state index is 13.3. The zero-order valence-electron chi connectivity index (χ0n) is 19.0. The molecule has 0 radical (unpaired) electrons. The van der Waals surface area contributed by atoms with Gasteiger partial charge in [-0.25, -0.2) is 9.38 Å². The summed E-state index contributed by atoms with van der Waals surface area (Å²) in [6.07, 6.45) is 4.07. The minimum Gasteiger partial charge on any atom is -0.342 e. The average molecular weight is 470 g/mol. The molecule has 4 aromatic rings. The molecule has 1 saturated heterocycles. The number of benzene rings is 3. The van der Waals surface area contributed by atoms with E-state index < -0.39 is 0 Å². The molecule has 1 aliphatic rings. The molecule has 1 fully saturated rings. The van der Waals surface area contributed by atoms with Gasteiger partial charge in [0.05, 0.1) is 10.6 Å². The first-order valence-electron chi connectivity index (χ1n) is 11.2. The van der Waals surface area contributed by atoms with Crippen LogP contribution in [0, 0.1) is 12.7 Å². The molecule has 1 aliphatic heterocycles. The van der Waals surface area contributed by atoms with Crippen LogP contribution in [0.4, 0.5) is 10.1 Å². The fraction of sp³-hybridized carbons (Fsp3) is 0.143. The van der Waals surface area contributed by atoms with E-state index in [4.69, 9.17) is 0 Å². The number of nitrogens with zero attached hydrogens (tertiary/aromatic N) is 3. The number of amidine groups is 1. The number of halogens is 1. The number of thioether (sulfide) groups is 1. The lowest BCUT2D eigenvalue weighted by Crippen LogP contribution is -2.28. The van der Waals surface area contributed by atoms with E-state index in [-0.39, 0.29) is 11.7 Å². The maximum atomic E-state index is 13.3. The number of carbonyl (C=O) groups excluding carboxylic acids is 1. The van der Waals surface area contributed by atoms with Gasteiger partial charge in [0.25, 0.3) is 5.91 Å². The van der Waals surface area contributed by atoms with Gasteiger partial charge >= 0.3 is 0 Å². The van der Waals surface area contributed by atoms with E-state index in [1.165, 1.54) is 35.0 Å². The van der Waals surface area contributed by atoms with Gasteiger partial charge in [-0.1, -0.05) is 48.0 Å². The van der Waals surface area contributed by atoms with Gasteiger partial charge in [-0.05, 0) is 67.6 Å². The van der Waals surface area contributed by atoms with Crippen molar-refractivity contribution in [3.63, 3.8) is 0 Å². The number of aryl methyl sites for hydroxylation is 1. The predicted molar refractivity (Wildman–Crippen MR) is 139 cm³/mol. The largest absolute Gasteiger partial charge is 0.342 e. The summed E-state index contributed by atoms with van der Waals surface area (Å²) in [4.78, 5) is 20.0. The van der Waals surface area contributed by atoms with Crippen molar-refractivity contribution in [3.05, 3.63) is 106 Å². The van der Waals surface area contributed by atoms with Crippen molar-refractivity contribution < 1.29 is 9.18 Å². The Bertz CT molecular complexity index is 1440. The summed E-state index contributed by atoms with van der Waals surface area (Å²) < 4.78 is 15.5. The Hall–Kier alpha value is -3.64. The molecule has 5 rings (SSSR count). The highest BCUT2D eigenvalue weighted by Gasteiger charge is 2.32. The van der Waals surface area contributed by atoms with Crippen LogP contribution in [0.5, 0.6) is 0 Å². The smallest absolute Gasteiger partial charge is 0.266 e. The summed E-state index contributed by atoms with van der Waals surface area (Å²) in [5.74, 6) is -0.377. The molecule has 0 saturated carbocycles. The lowest BCUT2D eigenvalue weighted by molar-refractivity contribution is -0.122. The first kappa shape index (κ1) is 22.2. The van der Waals surface area contributed by atoms with Crippen LogP contribution in [0.15, 0.2) is 88.9 Å². The van der Waals surface area contributed by atoms with Crippen LogP contribution in [-0.4, -0.2) is 27.1 Å². The Balaban J connectivity index is 1.51. The number of aliphatic imine (C=N–C) groups is 1. The fourth-order valence-corrected chi connectivity index (χ4v) is 5.22. The van der Waals surface area contributed by atoms with E-state index >= 15 is 0 Å². The van der Waals surface area contributed by atoms with E-state index in [1.807, 2.05) is 25.1 Å². The molecule has 0 aliphatic carbocycles. The van der Waals surface area contributed by atoms with Gasteiger partial charge in [0.2, 0.25) is 0 Å². The topological polar surface area (TPSA) is 37.6 Å². The summed E-state index contributed by atoms with van der Waals surface area (Å²) in [5.41, 5.74) is 5.21. The minimum absolute atomic E-state index is 0.0659. The van der Waals surface area contributed by atoms with Crippen LogP contribution < -0.4 is 0 Å². The Morgan fingerprint density at radius 1 is 1.03 bits per heavy atom. The number of amides is 1. The van der Waals surface area contributed by atoms with E-state index in [2.05, 4.69) is 59.1 Å². The summed E-state index contributed by atoms with van der Waals surface area (Å²) in [6, 6.07) is 22.7. The van der Waals surface area contributed by atoms with Crippen molar-refractivity contribution in [2.24, 2.45) is 4.99 Å². The molecular formula is C28H24FN3OS. The third kappa shape index (κ3) is 4.41. The number of carbonyl (C=O) groups is 1. The predicted octanol–water partition coefficient (Wildman–Crippen LogP) is 6.76. The Labute approximate surface area is 202 Å². The van der Waals surface area contributed by atoms with Crippen molar-refractivity contribution in [1.29, 1.82) is 0 Å². The van der Waals surface area contributed by atoms with Gasteiger partial charge in [0.1, 0.15) is 5.82 Å². The second-order valence-corrected chi connectivity index (χ2v) is 9.26. The highest BCUT2D eigenvalue weighted by molar-refractivity contribution is 8.18. The first-order chi connectivity index (χ1) is 16.5. The number of aromatic nitrogens is 1. The van der Waals surface area contributed by atoms with Crippen LogP contribution in [0.25, 0.3) is 17.0 Å². The quantitative estimate of drug-likeness (QED) is 0.303. The molecule has 1 amide bonds. The highest BCUT2D eigenvalue weighted by atomic mass is 32.2. The minimum atomic E-state index is -0.311. The highest BCUT2D eigenvalue weighted by Crippen LogP contribution is 2.35. The number of para-hydroxylation sites is 1. The molecule has 0 N–H and O–H groups in total. The monoisotopic (exact) mass is 469 g/mol. The van der Waals surface area contributed by atoms with Crippen LogP contribution in [0.3, 0.4) is 0 Å². The van der Waals surface area contributed by atoms with Crippen molar-refractivity contribution >= 4 is 45.5 Å². The molecular weight excluding hydrogens is 445 g/mol. The number of fused-ring (bicyclic) bond motifs is 1. The standard InChI is InChI=1S/C28H24FN3OS/c1-3-32-27(33)26(34-28(32)30-23-13-11-22(29)12-14-23)16-21-18-31(25-10-5-4-9-24(21)25)17-20-8-6-7-19(2)15-20/h4-16,18H,3,17H2,1-2H3/b26-16+,30-28?. The number of hydrogen-bond donors (Lipinski definition) is 0. The zero-order valence-corrected chi connectivity index (χ0v) is 19.8. The third-order valence-corrected chi connectivity index (χ3v) is 6.80. The Morgan fingerprint density at radius 2 is 1.82 bits per heavy atom. The van der Waals surface area contributed by atoms with Gasteiger partial charge in [-0.3, -0.25) is 9.69 Å². The van der Waals surface area contributed by atoms with Gasteiger partial charge < -0.3 is 4.57 Å².